The number of amides is 1. The summed E-state index contributed by atoms with van der Waals surface area (Å²) in [5.41, 5.74) is -0.315. The van der Waals surface area contributed by atoms with E-state index in [2.05, 4.69) is 15.6 Å². The molecule has 1 fully saturated rings. The summed E-state index contributed by atoms with van der Waals surface area (Å²) in [5, 5.41) is 7.34. The minimum Gasteiger partial charge on any atom is -0.382 e. The third kappa shape index (κ3) is 5.32. The van der Waals surface area contributed by atoms with Crippen LogP contribution in [0.3, 0.4) is 0 Å². The maximum atomic E-state index is 13.3. The zero-order valence-corrected chi connectivity index (χ0v) is 19.5. The van der Waals surface area contributed by atoms with Crippen LogP contribution in [0.2, 0.25) is 5.02 Å². The minimum absolute atomic E-state index is 0.00125. The predicted molar refractivity (Wildman–Crippen MR) is 125 cm³/mol. The van der Waals surface area contributed by atoms with Crippen molar-refractivity contribution in [2.75, 3.05) is 11.6 Å². The fourth-order valence-electron chi connectivity index (χ4n) is 3.87. The maximum Gasteiger partial charge on any atom is 0.433 e. The maximum absolute atomic E-state index is 13.3. The van der Waals surface area contributed by atoms with Crippen LogP contribution in [0.25, 0.3) is 10.9 Å². The molecule has 1 saturated carbocycles. The summed E-state index contributed by atoms with van der Waals surface area (Å²) < 4.78 is 41.1. The van der Waals surface area contributed by atoms with Crippen LogP contribution in [0.1, 0.15) is 41.0 Å². The number of nitrogens with one attached hydrogen (secondary N) is 2. The summed E-state index contributed by atoms with van der Waals surface area (Å²) >= 11 is 9.15. The number of rotatable bonds is 5. The lowest BCUT2D eigenvalue weighted by Gasteiger charge is -2.30. The lowest BCUT2D eigenvalue weighted by atomic mass is 9.90. The van der Waals surface area contributed by atoms with Gasteiger partial charge in [0, 0.05) is 28.2 Å². The van der Waals surface area contributed by atoms with Gasteiger partial charge < -0.3 is 10.6 Å². The molecule has 10 heteroatoms. The summed E-state index contributed by atoms with van der Waals surface area (Å²) in [6, 6.07) is 9.52. The van der Waals surface area contributed by atoms with Crippen LogP contribution < -0.4 is 10.6 Å². The van der Waals surface area contributed by atoms with Crippen molar-refractivity contribution in [2.24, 2.45) is 0 Å². The standard InChI is InChI=1S/C22H21ClF3N3OS2/c1-31-20-9-8-18(32-20)21(30)28-14-5-3-13(4-6-14)27-17-11-19(22(24,25)26)29-16-7-2-12(23)10-15(16)17/h2,7-11,13-14H,3-6H2,1H3,(H,27,29)(H,28,30). The van der Waals surface area contributed by atoms with Crippen LogP contribution in [0.15, 0.2) is 40.6 Å². The molecule has 0 aliphatic heterocycles. The van der Waals surface area contributed by atoms with E-state index in [0.717, 1.165) is 36.0 Å². The first kappa shape index (κ1) is 23.2. The molecule has 0 bridgehead atoms. The lowest BCUT2D eigenvalue weighted by Crippen LogP contribution is -2.40. The van der Waals surface area contributed by atoms with E-state index < -0.39 is 11.9 Å². The van der Waals surface area contributed by atoms with Crippen LogP contribution in [-0.4, -0.2) is 29.2 Å². The van der Waals surface area contributed by atoms with E-state index in [9.17, 15) is 18.0 Å². The number of anilines is 1. The Labute approximate surface area is 196 Å². The van der Waals surface area contributed by atoms with Gasteiger partial charge >= 0.3 is 6.18 Å². The van der Waals surface area contributed by atoms with Crippen molar-refractivity contribution in [1.29, 1.82) is 0 Å². The number of thiophene rings is 1. The Bertz CT molecular complexity index is 1130. The summed E-state index contributed by atoms with van der Waals surface area (Å²) in [4.78, 5) is 16.9. The van der Waals surface area contributed by atoms with Crippen molar-refractivity contribution < 1.29 is 18.0 Å². The first-order valence-corrected chi connectivity index (χ1v) is 12.5. The van der Waals surface area contributed by atoms with E-state index in [1.54, 1.807) is 17.8 Å². The molecule has 4 rings (SSSR count). The Morgan fingerprint density at radius 2 is 1.84 bits per heavy atom. The van der Waals surface area contributed by atoms with E-state index in [4.69, 9.17) is 11.6 Å². The largest absolute Gasteiger partial charge is 0.433 e. The number of fused-ring (bicyclic) bond motifs is 1. The zero-order chi connectivity index (χ0) is 22.9. The fraction of sp³-hybridized carbons (Fsp3) is 0.364. The first-order chi connectivity index (χ1) is 15.2. The first-order valence-electron chi connectivity index (χ1n) is 10.1. The van der Waals surface area contributed by atoms with Gasteiger partial charge in [-0.25, -0.2) is 4.98 Å². The van der Waals surface area contributed by atoms with E-state index in [1.807, 2.05) is 18.4 Å². The second-order valence-electron chi connectivity index (χ2n) is 7.70. The number of alkyl halides is 3. The molecule has 0 atom stereocenters. The van der Waals surface area contributed by atoms with Gasteiger partial charge in [-0.3, -0.25) is 4.79 Å². The molecule has 32 heavy (non-hydrogen) atoms. The average Bonchev–Trinajstić information content (AvgIpc) is 3.24. The molecule has 3 aromatic rings. The van der Waals surface area contributed by atoms with Gasteiger partial charge in [0.25, 0.3) is 5.91 Å². The van der Waals surface area contributed by atoms with Gasteiger partial charge in [-0.2, -0.15) is 13.2 Å². The molecule has 0 radical (unpaired) electrons. The second kappa shape index (κ2) is 9.49. The van der Waals surface area contributed by atoms with Gasteiger partial charge in [-0.15, -0.1) is 23.1 Å². The Morgan fingerprint density at radius 3 is 2.50 bits per heavy atom. The molecule has 2 heterocycles. The number of carbonyl (C=O) groups excluding carboxylic acids is 1. The monoisotopic (exact) mass is 499 g/mol. The molecular formula is C22H21ClF3N3OS2. The molecule has 2 N–H and O–H groups in total. The Balaban J connectivity index is 1.43. The SMILES string of the molecule is CSc1ccc(C(=O)NC2CCC(Nc3cc(C(F)(F)F)nc4ccc(Cl)cc34)CC2)s1. The number of aromatic nitrogens is 1. The second-order valence-corrected chi connectivity index (χ2v) is 10.3. The van der Waals surface area contributed by atoms with Crippen molar-refractivity contribution in [3.63, 3.8) is 0 Å². The van der Waals surface area contributed by atoms with Crippen LogP contribution >= 0.6 is 34.7 Å². The smallest absolute Gasteiger partial charge is 0.382 e. The Kier molecular flexibility index (Phi) is 6.88. The number of hydrogen-bond donors (Lipinski definition) is 2. The molecule has 170 valence electrons. The number of pyridine rings is 1. The fourth-order valence-corrected chi connectivity index (χ4v) is 5.49. The zero-order valence-electron chi connectivity index (χ0n) is 17.1. The normalized spacial score (nSPS) is 19.2. The minimum atomic E-state index is -4.54. The highest BCUT2D eigenvalue weighted by atomic mass is 35.5. The molecule has 1 aromatic carbocycles. The van der Waals surface area contributed by atoms with Gasteiger partial charge in [0.1, 0.15) is 5.69 Å². The summed E-state index contributed by atoms with van der Waals surface area (Å²) in [5.74, 6) is -0.0729. The highest BCUT2D eigenvalue weighted by Gasteiger charge is 2.34. The van der Waals surface area contributed by atoms with E-state index in [0.29, 0.717) is 21.0 Å². The third-order valence-electron chi connectivity index (χ3n) is 5.49. The van der Waals surface area contributed by atoms with Gasteiger partial charge in [0.2, 0.25) is 0 Å². The Hall–Kier alpha value is -1.97. The molecule has 4 nitrogen and oxygen atoms in total. The molecule has 0 saturated heterocycles. The predicted octanol–water partition coefficient (Wildman–Crippen LogP) is 6.84. The van der Waals surface area contributed by atoms with Crippen molar-refractivity contribution >= 4 is 57.2 Å². The van der Waals surface area contributed by atoms with Crippen LogP contribution in [0, 0.1) is 0 Å². The van der Waals surface area contributed by atoms with Crippen molar-refractivity contribution in [1.82, 2.24) is 10.3 Å². The summed E-state index contributed by atoms with van der Waals surface area (Å²) in [7, 11) is 0. The van der Waals surface area contributed by atoms with Crippen LogP contribution in [0.5, 0.6) is 0 Å². The molecular weight excluding hydrogens is 479 g/mol. The Morgan fingerprint density at radius 1 is 1.12 bits per heavy atom. The molecule has 2 aromatic heterocycles. The summed E-state index contributed by atoms with van der Waals surface area (Å²) in [6.45, 7) is 0. The summed E-state index contributed by atoms with van der Waals surface area (Å²) in [6.07, 6.45) is 0.401. The highest BCUT2D eigenvalue weighted by molar-refractivity contribution is 8.00. The van der Waals surface area contributed by atoms with Crippen molar-refractivity contribution in [2.45, 2.75) is 48.2 Å². The number of thioether (sulfide) groups is 1. The highest BCUT2D eigenvalue weighted by Crippen LogP contribution is 2.35. The number of hydrogen-bond acceptors (Lipinski definition) is 5. The molecule has 0 unspecified atom stereocenters. The molecule has 0 spiro atoms. The average molecular weight is 500 g/mol. The van der Waals surface area contributed by atoms with Gasteiger partial charge in [-0.1, -0.05) is 11.6 Å². The van der Waals surface area contributed by atoms with Gasteiger partial charge in [0.15, 0.2) is 0 Å². The van der Waals surface area contributed by atoms with Gasteiger partial charge in [0.05, 0.1) is 14.6 Å². The van der Waals surface area contributed by atoms with E-state index >= 15 is 0 Å². The third-order valence-corrected chi connectivity index (χ3v) is 7.89. The number of halogens is 4. The van der Waals surface area contributed by atoms with E-state index in [-0.39, 0.29) is 23.5 Å². The number of carbonyl (C=O) groups is 1. The lowest BCUT2D eigenvalue weighted by molar-refractivity contribution is -0.140. The van der Waals surface area contributed by atoms with Crippen LogP contribution in [0.4, 0.5) is 18.9 Å². The number of benzene rings is 1. The van der Waals surface area contributed by atoms with Crippen LogP contribution in [-0.2, 0) is 6.18 Å². The number of nitrogens with zero attached hydrogens (tertiary/aromatic N) is 1. The van der Waals surface area contributed by atoms with E-state index in [1.165, 1.54) is 23.5 Å². The topological polar surface area (TPSA) is 54.0 Å². The quantitative estimate of drug-likeness (QED) is 0.377. The van der Waals surface area contributed by atoms with Crippen molar-refractivity contribution in [3.05, 3.63) is 52.0 Å². The molecule has 1 amide bonds. The molecule has 1 aliphatic rings. The van der Waals surface area contributed by atoms with Crippen molar-refractivity contribution in [3.8, 4) is 0 Å². The molecule has 1 aliphatic carbocycles. The van der Waals surface area contributed by atoms with Gasteiger partial charge in [-0.05, 0) is 68.3 Å².